The summed E-state index contributed by atoms with van der Waals surface area (Å²) in [6.45, 7) is -0.810. The van der Waals surface area contributed by atoms with Gasteiger partial charge < -0.3 is 41.1 Å². The summed E-state index contributed by atoms with van der Waals surface area (Å²) in [5.41, 5.74) is 5.51. The highest BCUT2D eigenvalue weighted by Gasteiger charge is 2.52. The zero-order valence-corrected chi connectivity index (χ0v) is 12.3. The molecule has 0 saturated carbocycles. The molecule has 0 unspecified atom stereocenters. The van der Waals surface area contributed by atoms with Crippen LogP contribution in [-0.2, 0) is 19.9 Å². The molecule has 1 aliphatic rings. The number of ether oxygens (including phenoxy) is 1. The monoisotopic (exact) mass is 365 g/mol. The van der Waals surface area contributed by atoms with Crippen LogP contribution in [0.15, 0.2) is 0 Å². The quantitative estimate of drug-likeness (QED) is 0.213. The highest BCUT2D eigenvalue weighted by molar-refractivity contribution is 7.79. The van der Waals surface area contributed by atoms with Crippen molar-refractivity contribution in [3.8, 4) is 0 Å². The van der Waals surface area contributed by atoms with Crippen molar-refractivity contribution in [2.45, 2.75) is 42.7 Å². The number of carboxylic acids is 1. The van der Waals surface area contributed by atoms with E-state index in [-0.39, 0.29) is 0 Å². The molecular formula is C9H19NO12S. The van der Waals surface area contributed by atoms with Crippen molar-refractivity contribution >= 4 is 16.4 Å². The van der Waals surface area contributed by atoms with E-state index in [0.29, 0.717) is 0 Å². The Morgan fingerprint density at radius 3 is 2.13 bits per heavy atom. The van der Waals surface area contributed by atoms with Gasteiger partial charge in [0.05, 0.1) is 18.8 Å². The zero-order chi connectivity index (χ0) is 18.6. The van der Waals surface area contributed by atoms with Crippen LogP contribution < -0.4 is 5.73 Å². The molecule has 0 spiro atoms. The second-order valence-electron chi connectivity index (χ2n) is 4.71. The Labute approximate surface area is 130 Å². The van der Waals surface area contributed by atoms with Gasteiger partial charge in [-0.05, 0) is 0 Å². The van der Waals surface area contributed by atoms with E-state index in [0.717, 1.165) is 0 Å². The normalized spacial score (nSPS) is 34.0. The molecule has 1 rings (SSSR count). The second kappa shape index (κ2) is 8.25. The van der Waals surface area contributed by atoms with Crippen molar-refractivity contribution < 1.29 is 57.7 Å². The van der Waals surface area contributed by atoms with E-state index in [9.17, 15) is 25.2 Å². The smallest absolute Gasteiger partial charge is 0.394 e. The van der Waals surface area contributed by atoms with E-state index in [4.69, 9.17) is 38.2 Å². The van der Waals surface area contributed by atoms with Crippen LogP contribution in [0.5, 0.6) is 0 Å². The van der Waals surface area contributed by atoms with E-state index in [1.54, 1.807) is 0 Å². The molecule has 1 aliphatic heterocycles. The molecule has 0 aromatic rings. The maximum absolute atomic E-state index is 10.8. The Balaban J connectivity index is 0.000000841. The SMILES string of the molecule is N[C@H]1[C@H]([C@H](O)[C@H](O)CO)O[C@](O)(C(=O)O)C[C@@H]1O.O=S(=O)(O)O. The lowest BCUT2D eigenvalue weighted by Crippen LogP contribution is -2.65. The first-order valence-electron chi connectivity index (χ1n) is 5.97. The number of aliphatic hydroxyl groups is 5. The standard InChI is InChI=1S/C9H17NO8.H2O4S/c10-5-3(12)1-9(17,8(15)16)18-7(5)6(14)4(13)2-11;1-5(2,3)4/h3-7,11-14,17H,1-2,10H2,(H,15,16);(H2,1,2,3,4)/t3-,4+,5+,6+,7+,9-;/m0./s1. The molecule has 10 N–H and O–H groups in total. The minimum absolute atomic E-state index is 0.665. The van der Waals surface area contributed by atoms with Gasteiger partial charge >= 0.3 is 16.4 Å². The summed E-state index contributed by atoms with van der Waals surface area (Å²) < 4.78 is 36.3. The fourth-order valence-electron chi connectivity index (χ4n) is 1.75. The lowest BCUT2D eigenvalue weighted by molar-refractivity contribution is -0.292. The van der Waals surface area contributed by atoms with Gasteiger partial charge in [0, 0.05) is 6.42 Å². The molecule has 1 fully saturated rings. The summed E-state index contributed by atoms with van der Waals surface area (Å²) in [5, 5.41) is 55.5. The Bertz CT molecular complexity index is 489. The second-order valence-corrected chi connectivity index (χ2v) is 5.60. The third kappa shape index (κ3) is 7.00. The number of carbonyl (C=O) groups is 1. The lowest BCUT2D eigenvalue weighted by Gasteiger charge is -2.43. The molecule has 0 amide bonds. The van der Waals surface area contributed by atoms with E-state index < -0.39 is 65.6 Å². The van der Waals surface area contributed by atoms with Crippen LogP contribution in [0.3, 0.4) is 0 Å². The third-order valence-electron chi connectivity index (χ3n) is 2.89. The first kappa shape index (κ1) is 22.1. The summed E-state index contributed by atoms with van der Waals surface area (Å²) in [7, 11) is -4.67. The van der Waals surface area contributed by atoms with Crippen LogP contribution in [0.4, 0.5) is 0 Å². The topological polar surface area (TPSA) is 248 Å². The summed E-state index contributed by atoms with van der Waals surface area (Å²) in [6, 6.07) is -1.21. The lowest BCUT2D eigenvalue weighted by atomic mass is 9.89. The molecule has 0 aromatic carbocycles. The molecule has 0 aromatic heterocycles. The summed E-state index contributed by atoms with van der Waals surface area (Å²) in [6.07, 6.45) is -7.01. The first-order chi connectivity index (χ1) is 10.2. The average molecular weight is 365 g/mol. The maximum atomic E-state index is 10.8. The minimum atomic E-state index is -4.67. The molecule has 6 atom stereocenters. The van der Waals surface area contributed by atoms with E-state index in [2.05, 4.69) is 0 Å². The number of aliphatic hydroxyl groups excluding tert-OH is 4. The average Bonchev–Trinajstić information content (AvgIpc) is 2.39. The molecule has 0 bridgehead atoms. The number of aliphatic carboxylic acids is 1. The van der Waals surface area contributed by atoms with Gasteiger partial charge in [0.2, 0.25) is 0 Å². The van der Waals surface area contributed by atoms with Gasteiger partial charge in [0.1, 0.15) is 18.3 Å². The molecule has 0 aliphatic carbocycles. The first-order valence-corrected chi connectivity index (χ1v) is 7.36. The van der Waals surface area contributed by atoms with Gasteiger partial charge in [-0.3, -0.25) is 9.11 Å². The van der Waals surface area contributed by atoms with Gasteiger partial charge in [0.25, 0.3) is 5.79 Å². The largest absolute Gasteiger partial charge is 0.477 e. The minimum Gasteiger partial charge on any atom is -0.477 e. The Hall–Kier alpha value is -0.940. The molecular weight excluding hydrogens is 346 g/mol. The van der Waals surface area contributed by atoms with Crippen molar-refractivity contribution in [1.82, 2.24) is 0 Å². The maximum Gasteiger partial charge on any atom is 0.394 e. The molecule has 14 heteroatoms. The predicted octanol–water partition coefficient (Wildman–Crippen LogP) is -4.70. The number of hydrogen-bond donors (Lipinski definition) is 9. The molecule has 1 saturated heterocycles. The molecule has 138 valence electrons. The van der Waals surface area contributed by atoms with Gasteiger partial charge in [-0.15, -0.1) is 0 Å². The van der Waals surface area contributed by atoms with E-state index in [1.807, 2.05) is 0 Å². The van der Waals surface area contributed by atoms with E-state index >= 15 is 0 Å². The summed E-state index contributed by atoms with van der Waals surface area (Å²) in [4.78, 5) is 10.8. The molecule has 13 nitrogen and oxygen atoms in total. The molecule has 23 heavy (non-hydrogen) atoms. The Morgan fingerprint density at radius 2 is 1.78 bits per heavy atom. The Morgan fingerprint density at radius 1 is 1.35 bits per heavy atom. The predicted molar refractivity (Wildman–Crippen MR) is 69.3 cm³/mol. The van der Waals surface area contributed by atoms with Gasteiger partial charge in [-0.1, -0.05) is 0 Å². The van der Waals surface area contributed by atoms with Crippen LogP contribution in [0.2, 0.25) is 0 Å². The van der Waals surface area contributed by atoms with Gasteiger partial charge in [-0.25, -0.2) is 4.79 Å². The molecule has 1 heterocycles. The van der Waals surface area contributed by atoms with Crippen LogP contribution >= 0.6 is 0 Å². The Kier molecular flexibility index (Phi) is 7.91. The van der Waals surface area contributed by atoms with Crippen molar-refractivity contribution in [2.75, 3.05) is 6.61 Å². The fraction of sp³-hybridized carbons (Fsp3) is 0.889. The van der Waals surface area contributed by atoms with Crippen LogP contribution in [0, 0.1) is 0 Å². The van der Waals surface area contributed by atoms with E-state index in [1.165, 1.54) is 0 Å². The zero-order valence-electron chi connectivity index (χ0n) is 11.5. The van der Waals surface area contributed by atoms with Crippen LogP contribution in [0.25, 0.3) is 0 Å². The van der Waals surface area contributed by atoms with Crippen molar-refractivity contribution in [3.05, 3.63) is 0 Å². The summed E-state index contributed by atoms with van der Waals surface area (Å²) >= 11 is 0. The highest BCUT2D eigenvalue weighted by atomic mass is 32.3. The number of nitrogens with two attached hydrogens (primary N) is 1. The van der Waals surface area contributed by atoms with Gasteiger partial charge in [0.15, 0.2) is 0 Å². The van der Waals surface area contributed by atoms with Crippen molar-refractivity contribution in [3.63, 3.8) is 0 Å². The number of rotatable bonds is 4. The number of hydrogen-bond acceptors (Lipinski definition) is 10. The molecule has 0 radical (unpaired) electrons. The third-order valence-corrected chi connectivity index (χ3v) is 2.89. The summed E-state index contributed by atoms with van der Waals surface area (Å²) in [5.74, 6) is -4.44. The van der Waals surface area contributed by atoms with Crippen LogP contribution in [-0.4, -0.2) is 97.0 Å². The number of carboxylic acid groups (broad SMARTS) is 1. The van der Waals surface area contributed by atoms with Crippen LogP contribution in [0.1, 0.15) is 6.42 Å². The highest BCUT2D eigenvalue weighted by Crippen LogP contribution is 2.29. The fourth-order valence-corrected chi connectivity index (χ4v) is 1.75. The van der Waals surface area contributed by atoms with Gasteiger partial charge in [-0.2, -0.15) is 8.42 Å². The van der Waals surface area contributed by atoms with Crippen molar-refractivity contribution in [2.24, 2.45) is 5.73 Å². The van der Waals surface area contributed by atoms with Crippen molar-refractivity contribution in [1.29, 1.82) is 0 Å².